The standard InChI is InChI=1S/C16H21FN2O4S/c1-23-14-5-2-12(17)10-15(14)24(21,22)19-8-6-11(7-9-19)16(20)18-13-3-4-13/h2,5,10-11,13H,3-4,6-9H2,1H3,(H,18,20). The zero-order valence-corrected chi connectivity index (χ0v) is 14.3. The van der Waals surface area contributed by atoms with E-state index in [1.54, 1.807) is 0 Å². The summed E-state index contributed by atoms with van der Waals surface area (Å²) < 4.78 is 45.4. The molecule has 1 amide bonds. The molecule has 1 saturated heterocycles. The number of hydrogen-bond donors (Lipinski definition) is 1. The van der Waals surface area contributed by atoms with E-state index in [9.17, 15) is 17.6 Å². The molecular formula is C16H21FN2O4S. The number of methoxy groups -OCH3 is 1. The SMILES string of the molecule is COc1ccc(F)cc1S(=O)(=O)N1CCC(C(=O)NC2CC2)CC1. The maximum absolute atomic E-state index is 13.5. The maximum Gasteiger partial charge on any atom is 0.246 e. The molecule has 1 aromatic carbocycles. The van der Waals surface area contributed by atoms with Gasteiger partial charge in [-0.05, 0) is 43.9 Å². The molecule has 1 saturated carbocycles. The van der Waals surface area contributed by atoms with Gasteiger partial charge in [-0.3, -0.25) is 4.79 Å². The van der Waals surface area contributed by atoms with Crippen LogP contribution < -0.4 is 10.1 Å². The number of amides is 1. The molecule has 1 N–H and O–H groups in total. The Kier molecular flexibility index (Phi) is 4.78. The molecule has 6 nitrogen and oxygen atoms in total. The van der Waals surface area contributed by atoms with Crippen LogP contribution in [0.3, 0.4) is 0 Å². The van der Waals surface area contributed by atoms with Gasteiger partial charge in [-0.15, -0.1) is 0 Å². The highest BCUT2D eigenvalue weighted by molar-refractivity contribution is 7.89. The first-order valence-electron chi connectivity index (χ1n) is 8.06. The first kappa shape index (κ1) is 17.2. The lowest BCUT2D eigenvalue weighted by Crippen LogP contribution is -2.43. The highest BCUT2D eigenvalue weighted by Gasteiger charge is 2.35. The smallest absolute Gasteiger partial charge is 0.246 e. The van der Waals surface area contributed by atoms with Crippen molar-refractivity contribution in [1.29, 1.82) is 0 Å². The van der Waals surface area contributed by atoms with Gasteiger partial charge >= 0.3 is 0 Å². The molecule has 1 aliphatic heterocycles. The van der Waals surface area contributed by atoms with Crippen LogP contribution in [0, 0.1) is 11.7 Å². The molecule has 3 rings (SSSR count). The highest BCUT2D eigenvalue weighted by Crippen LogP contribution is 2.30. The fourth-order valence-electron chi connectivity index (χ4n) is 2.90. The van der Waals surface area contributed by atoms with Crippen LogP contribution in [-0.2, 0) is 14.8 Å². The third-order valence-electron chi connectivity index (χ3n) is 4.49. The second kappa shape index (κ2) is 6.68. The van der Waals surface area contributed by atoms with Gasteiger partial charge in [-0.2, -0.15) is 4.31 Å². The quantitative estimate of drug-likeness (QED) is 0.868. The van der Waals surface area contributed by atoms with Crippen molar-refractivity contribution in [3.8, 4) is 5.75 Å². The zero-order chi connectivity index (χ0) is 17.3. The Morgan fingerprint density at radius 2 is 1.92 bits per heavy atom. The van der Waals surface area contributed by atoms with Crippen LogP contribution in [0.15, 0.2) is 23.1 Å². The number of rotatable bonds is 5. The summed E-state index contributed by atoms with van der Waals surface area (Å²) in [5.41, 5.74) is 0. The van der Waals surface area contributed by atoms with E-state index in [-0.39, 0.29) is 35.6 Å². The molecule has 0 aromatic heterocycles. The van der Waals surface area contributed by atoms with Crippen molar-refractivity contribution in [1.82, 2.24) is 9.62 Å². The van der Waals surface area contributed by atoms with Gasteiger partial charge in [0.05, 0.1) is 7.11 Å². The largest absolute Gasteiger partial charge is 0.495 e. The summed E-state index contributed by atoms with van der Waals surface area (Å²) in [5, 5.41) is 2.96. The van der Waals surface area contributed by atoms with Crippen LogP contribution >= 0.6 is 0 Å². The van der Waals surface area contributed by atoms with Gasteiger partial charge in [0.15, 0.2) is 0 Å². The average molecular weight is 356 g/mol. The number of sulfonamides is 1. The zero-order valence-electron chi connectivity index (χ0n) is 13.5. The molecular weight excluding hydrogens is 335 g/mol. The topological polar surface area (TPSA) is 75.7 Å². The van der Waals surface area contributed by atoms with E-state index in [2.05, 4.69) is 5.32 Å². The number of halogens is 1. The molecule has 2 fully saturated rings. The van der Waals surface area contributed by atoms with E-state index >= 15 is 0 Å². The number of nitrogens with zero attached hydrogens (tertiary/aromatic N) is 1. The van der Waals surface area contributed by atoms with Crippen LogP contribution in [0.5, 0.6) is 5.75 Å². The van der Waals surface area contributed by atoms with Crippen molar-refractivity contribution in [3.05, 3.63) is 24.0 Å². The lowest BCUT2D eigenvalue weighted by atomic mass is 9.97. The van der Waals surface area contributed by atoms with Crippen molar-refractivity contribution in [2.45, 2.75) is 36.6 Å². The fourth-order valence-corrected chi connectivity index (χ4v) is 4.53. The van der Waals surface area contributed by atoms with Gasteiger partial charge in [0.25, 0.3) is 0 Å². The molecule has 0 spiro atoms. The fraction of sp³-hybridized carbons (Fsp3) is 0.562. The van der Waals surface area contributed by atoms with Crippen LogP contribution in [0.25, 0.3) is 0 Å². The van der Waals surface area contributed by atoms with Crippen molar-refractivity contribution < 1.29 is 22.3 Å². The van der Waals surface area contributed by atoms with Crippen LogP contribution in [0.1, 0.15) is 25.7 Å². The molecule has 1 aliphatic carbocycles. The predicted octanol–water partition coefficient (Wildman–Crippen LogP) is 1.51. The summed E-state index contributed by atoms with van der Waals surface area (Å²) >= 11 is 0. The lowest BCUT2D eigenvalue weighted by Gasteiger charge is -2.30. The van der Waals surface area contributed by atoms with Crippen molar-refractivity contribution >= 4 is 15.9 Å². The summed E-state index contributed by atoms with van der Waals surface area (Å²) in [7, 11) is -2.50. The Balaban J connectivity index is 1.70. The summed E-state index contributed by atoms with van der Waals surface area (Å²) in [6, 6.07) is 3.74. The second-order valence-electron chi connectivity index (χ2n) is 6.26. The molecule has 0 radical (unpaired) electrons. The Labute approximate surface area is 141 Å². The highest BCUT2D eigenvalue weighted by atomic mass is 32.2. The Hall–Kier alpha value is -1.67. The molecule has 132 valence electrons. The number of hydrogen-bond acceptors (Lipinski definition) is 4. The van der Waals surface area contributed by atoms with E-state index in [0.29, 0.717) is 18.9 Å². The third-order valence-corrected chi connectivity index (χ3v) is 6.41. The lowest BCUT2D eigenvalue weighted by molar-refractivity contribution is -0.126. The van der Waals surface area contributed by atoms with Gasteiger partial charge in [0.1, 0.15) is 16.5 Å². The van der Waals surface area contributed by atoms with Crippen molar-refractivity contribution in [3.63, 3.8) is 0 Å². The molecule has 2 aliphatic rings. The molecule has 0 unspecified atom stereocenters. The minimum Gasteiger partial charge on any atom is -0.495 e. The molecule has 8 heteroatoms. The van der Waals surface area contributed by atoms with E-state index < -0.39 is 15.8 Å². The number of carbonyl (C=O) groups excluding carboxylic acids is 1. The van der Waals surface area contributed by atoms with Gasteiger partial charge in [-0.1, -0.05) is 0 Å². The monoisotopic (exact) mass is 356 g/mol. The summed E-state index contributed by atoms with van der Waals surface area (Å²) in [6.45, 7) is 0.482. The van der Waals surface area contributed by atoms with E-state index in [1.165, 1.54) is 17.5 Å². The molecule has 1 heterocycles. The van der Waals surface area contributed by atoms with E-state index in [4.69, 9.17) is 4.74 Å². The molecule has 1 aromatic rings. The Bertz CT molecular complexity index is 726. The van der Waals surface area contributed by atoms with Crippen molar-refractivity contribution in [2.75, 3.05) is 20.2 Å². The number of piperidine rings is 1. The van der Waals surface area contributed by atoms with E-state index in [0.717, 1.165) is 25.0 Å². The Morgan fingerprint density at radius 1 is 1.25 bits per heavy atom. The van der Waals surface area contributed by atoms with E-state index in [1.807, 2.05) is 0 Å². The first-order chi connectivity index (χ1) is 11.4. The van der Waals surface area contributed by atoms with Gasteiger partial charge in [0, 0.05) is 25.0 Å². The van der Waals surface area contributed by atoms with Gasteiger partial charge < -0.3 is 10.1 Å². The third kappa shape index (κ3) is 3.54. The van der Waals surface area contributed by atoms with Gasteiger partial charge in [-0.25, -0.2) is 12.8 Å². The summed E-state index contributed by atoms with van der Waals surface area (Å²) in [4.78, 5) is 11.9. The number of carbonyl (C=O) groups is 1. The minimum absolute atomic E-state index is 0.0119. The maximum atomic E-state index is 13.5. The van der Waals surface area contributed by atoms with Gasteiger partial charge in [0.2, 0.25) is 15.9 Å². The molecule has 24 heavy (non-hydrogen) atoms. The number of benzene rings is 1. The minimum atomic E-state index is -3.85. The number of ether oxygens (including phenoxy) is 1. The average Bonchev–Trinajstić information content (AvgIpc) is 3.39. The predicted molar refractivity (Wildman–Crippen MR) is 85.6 cm³/mol. The van der Waals surface area contributed by atoms with Crippen LogP contribution in [0.4, 0.5) is 4.39 Å². The normalized spacial score (nSPS) is 19.9. The summed E-state index contributed by atoms with van der Waals surface area (Å²) in [5.74, 6) is -0.664. The van der Waals surface area contributed by atoms with Crippen molar-refractivity contribution in [2.24, 2.45) is 5.92 Å². The molecule has 0 bridgehead atoms. The van der Waals surface area contributed by atoms with Crippen LogP contribution in [0.2, 0.25) is 0 Å². The summed E-state index contributed by atoms with van der Waals surface area (Å²) in [6.07, 6.45) is 2.99. The first-order valence-corrected chi connectivity index (χ1v) is 9.50. The number of nitrogens with one attached hydrogen (secondary N) is 1. The Morgan fingerprint density at radius 3 is 2.50 bits per heavy atom. The van der Waals surface area contributed by atoms with Crippen LogP contribution in [-0.4, -0.2) is 44.9 Å². The molecule has 0 atom stereocenters. The second-order valence-corrected chi connectivity index (χ2v) is 8.16.